The number of amides is 1. The fourth-order valence-electron chi connectivity index (χ4n) is 3.10. The van der Waals surface area contributed by atoms with Gasteiger partial charge in [-0.15, -0.1) is 0 Å². The van der Waals surface area contributed by atoms with E-state index in [1.54, 1.807) is 13.0 Å². The molecular formula is C23H31N3O3. The van der Waals surface area contributed by atoms with Gasteiger partial charge in [-0.2, -0.15) is 5.26 Å². The molecule has 2 rings (SSSR count). The summed E-state index contributed by atoms with van der Waals surface area (Å²) in [5.41, 5.74) is 1.10. The molecule has 0 aliphatic carbocycles. The van der Waals surface area contributed by atoms with Crippen molar-refractivity contribution in [2.75, 3.05) is 24.6 Å². The van der Waals surface area contributed by atoms with Gasteiger partial charge in [0.05, 0.1) is 6.07 Å². The molecule has 0 unspecified atom stereocenters. The number of ether oxygens (including phenoxy) is 1. The number of benzene rings is 1. The second-order valence-corrected chi connectivity index (χ2v) is 7.95. The van der Waals surface area contributed by atoms with Gasteiger partial charge in [-0.25, -0.2) is 4.79 Å². The quantitative estimate of drug-likeness (QED) is 0.561. The molecule has 1 heterocycles. The van der Waals surface area contributed by atoms with Crippen LogP contribution in [-0.2, 0) is 14.3 Å². The lowest BCUT2D eigenvalue weighted by Gasteiger charge is -2.27. The number of nitrogens with zero attached hydrogens (tertiary/aromatic N) is 2. The molecule has 0 bridgehead atoms. The third-order valence-electron chi connectivity index (χ3n) is 5.41. The van der Waals surface area contributed by atoms with Gasteiger partial charge < -0.3 is 15.0 Å². The van der Waals surface area contributed by atoms with Gasteiger partial charge in [0, 0.05) is 24.9 Å². The van der Waals surface area contributed by atoms with Gasteiger partial charge in [0.2, 0.25) is 0 Å². The number of rotatable bonds is 7. The summed E-state index contributed by atoms with van der Waals surface area (Å²) < 4.78 is 4.97. The fraction of sp³-hybridized carbons (Fsp3) is 0.522. The molecule has 1 aliphatic rings. The number of carbonyl (C=O) groups excluding carboxylic acids is 2. The zero-order valence-corrected chi connectivity index (χ0v) is 17.6. The van der Waals surface area contributed by atoms with Gasteiger partial charge >= 0.3 is 5.97 Å². The second kappa shape index (κ2) is 10.7. The second-order valence-electron chi connectivity index (χ2n) is 7.95. The smallest absolute Gasteiger partial charge is 0.331 e. The molecule has 6 heteroatoms. The van der Waals surface area contributed by atoms with E-state index < -0.39 is 24.0 Å². The number of hydrogen-bond donors (Lipinski definition) is 1. The first-order valence-corrected chi connectivity index (χ1v) is 10.3. The molecule has 1 saturated heterocycles. The van der Waals surface area contributed by atoms with E-state index in [0.29, 0.717) is 0 Å². The van der Waals surface area contributed by atoms with Crippen molar-refractivity contribution in [3.8, 4) is 6.07 Å². The van der Waals surface area contributed by atoms with Gasteiger partial charge in [0.25, 0.3) is 5.91 Å². The molecule has 156 valence electrons. The highest BCUT2D eigenvalue weighted by Crippen LogP contribution is 2.20. The summed E-state index contributed by atoms with van der Waals surface area (Å²) in [6.45, 7) is 7.09. The Morgan fingerprint density at radius 2 is 1.83 bits per heavy atom. The first-order valence-electron chi connectivity index (χ1n) is 10.3. The highest BCUT2D eigenvalue weighted by molar-refractivity contribution is 5.89. The van der Waals surface area contributed by atoms with Crippen LogP contribution in [0, 0.1) is 17.2 Å². The van der Waals surface area contributed by atoms with Crippen molar-refractivity contribution >= 4 is 23.6 Å². The first kappa shape index (κ1) is 22.5. The predicted molar refractivity (Wildman–Crippen MR) is 114 cm³/mol. The van der Waals surface area contributed by atoms with Crippen LogP contribution in [-0.4, -0.2) is 37.1 Å². The van der Waals surface area contributed by atoms with Gasteiger partial charge in [-0.1, -0.05) is 38.8 Å². The summed E-state index contributed by atoms with van der Waals surface area (Å²) >= 11 is 0. The lowest BCUT2D eigenvalue weighted by atomic mass is 9.90. The highest BCUT2D eigenvalue weighted by atomic mass is 16.5. The van der Waals surface area contributed by atoms with Crippen LogP contribution in [0.1, 0.15) is 52.0 Å². The maximum atomic E-state index is 11.9. The monoisotopic (exact) mass is 397 g/mol. The predicted octanol–water partition coefficient (Wildman–Crippen LogP) is 3.68. The maximum absolute atomic E-state index is 11.9. The van der Waals surface area contributed by atoms with Crippen LogP contribution in [0.3, 0.4) is 0 Å². The first-order chi connectivity index (χ1) is 13.8. The molecule has 0 aromatic heterocycles. The number of nitrogens with one attached hydrogen (secondary N) is 1. The van der Waals surface area contributed by atoms with Crippen molar-refractivity contribution < 1.29 is 14.3 Å². The number of carbonyl (C=O) groups is 2. The lowest BCUT2D eigenvalue weighted by Crippen LogP contribution is -2.50. The van der Waals surface area contributed by atoms with Gasteiger partial charge in [-0.3, -0.25) is 4.79 Å². The van der Waals surface area contributed by atoms with Crippen LogP contribution in [0.15, 0.2) is 30.3 Å². The molecular weight excluding hydrogens is 366 g/mol. The number of anilines is 1. The Balaban J connectivity index is 1.82. The molecule has 1 amide bonds. The van der Waals surface area contributed by atoms with E-state index >= 15 is 0 Å². The van der Waals surface area contributed by atoms with E-state index in [0.717, 1.165) is 18.7 Å². The lowest BCUT2D eigenvalue weighted by molar-refractivity contribution is -0.144. The minimum atomic E-state index is -0.992. The Labute approximate surface area is 173 Å². The average molecular weight is 398 g/mol. The molecule has 1 aromatic rings. The van der Waals surface area contributed by atoms with Crippen molar-refractivity contribution in [2.24, 2.45) is 5.92 Å². The van der Waals surface area contributed by atoms with Crippen molar-refractivity contribution in [3.05, 3.63) is 35.9 Å². The minimum Gasteiger partial charge on any atom is -0.452 e. The van der Waals surface area contributed by atoms with Crippen molar-refractivity contribution in [2.45, 2.75) is 52.0 Å². The van der Waals surface area contributed by atoms with E-state index in [1.807, 2.05) is 26.0 Å². The third kappa shape index (κ3) is 6.94. The van der Waals surface area contributed by atoms with E-state index in [1.165, 1.54) is 37.4 Å². The van der Waals surface area contributed by atoms with E-state index in [-0.39, 0.29) is 5.92 Å². The largest absolute Gasteiger partial charge is 0.452 e. The fourth-order valence-corrected chi connectivity index (χ4v) is 3.10. The number of nitriles is 1. The number of esters is 1. The Morgan fingerprint density at radius 3 is 2.38 bits per heavy atom. The maximum Gasteiger partial charge on any atom is 0.331 e. The zero-order valence-electron chi connectivity index (χ0n) is 17.6. The van der Waals surface area contributed by atoms with Crippen LogP contribution >= 0.6 is 0 Å². The van der Waals surface area contributed by atoms with E-state index in [2.05, 4.69) is 28.4 Å². The summed E-state index contributed by atoms with van der Waals surface area (Å²) in [4.78, 5) is 26.2. The molecule has 1 N–H and O–H groups in total. The topological polar surface area (TPSA) is 82.4 Å². The summed E-state index contributed by atoms with van der Waals surface area (Å²) in [6, 6.07) is 10.2. The Kier molecular flexibility index (Phi) is 8.26. The summed E-state index contributed by atoms with van der Waals surface area (Å²) in [6.07, 6.45) is 8.02. The van der Waals surface area contributed by atoms with Gasteiger partial charge in [-0.05, 0) is 49.5 Å². The highest BCUT2D eigenvalue weighted by Gasteiger charge is 2.30. The molecule has 0 spiro atoms. The summed E-state index contributed by atoms with van der Waals surface area (Å²) in [5.74, 6) is -1.16. The van der Waals surface area contributed by atoms with Crippen LogP contribution < -0.4 is 10.2 Å². The third-order valence-corrected chi connectivity index (χ3v) is 5.41. The molecule has 1 aliphatic heterocycles. The van der Waals surface area contributed by atoms with Crippen molar-refractivity contribution in [1.82, 2.24) is 5.32 Å². The minimum absolute atomic E-state index is 0.0654. The van der Waals surface area contributed by atoms with Crippen molar-refractivity contribution in [1.29, 1.82) is 5.26 Å². The molecule has 1 fully saturated rings. The standard InChI is InChI=1S/C23H31N3O3/c1-18(2)23(3,17-24)25-21(27)16-29-22(28)13-10-19-8-11-20(12-9-19)26-14-6-4-5-7-15-26/h8-13,18H,4-7,14-16H2,1-3H3,(H,25,27)/b13-10+/t23-/m1/s1. The Morgan fingerprint density at radius 1 is 1.21 bits per heavy atom. The van der Waals surface area contributed by atoms with Crippen LogP contribution in [0.25, 0.3) is 6.08 Å². The van der Waals surface area contributed by atoms with Crippen LogP contribution in [0.4, 0.5) is 5.69 Å². The molecule has 29 heavy (non-hydrogen) atoms. The van der Waals surface area contributed by atoms with Crippen molar-refractivity contribution in [3.63, 3.8) is 0 Å². The Bertz CT molecular complexity index is 757. The Hall–Kier alpha value is -2.81. The summed E-state index contributed by atoms with van der Waals surface area (Å²) in [5, 5.41) is 11.8. The van der Waals surface area contributed by atoms with E-state index in [9.17, 15) is 14.9 Å². The molecule has 1 aromatic carbocycles. The molecule has 0 radical (unpaired) electrons. The van der Waals surface area contributed by atoms with Crippen LogP contribution in [0.5, 0.6) is 0 Å². The van der Waals surface area contributed by atoms with Gasteiger partial charge in [0.1, 0.15) is 5.54 Å². The molecule has 0 saturated carbocycles. The summed E-state index contributed by atoms with van der Waals surface area (Å²) in [7, 11) is 0. The average Bonchev–Trinajstić information content (AvgIpc) is 3.00. The normalized spacial score (nSPS) is 16.7. The SMILES string of the molecule is CC(C)[C@@](C)(C#N)NC(=O)COC(=O)/C=C/c1ccc(N2CCCCCC2)cc1. The molecule has 6 nitrogen and oxygen atoms in total. The van der Waals surface area contributed by atoms with E-state index in [4.69, 9.17) is 4.74 Å². The number of hydrogen-bond acceptors (Lipinski definition) is 5. The van der Waals surface area contributed by atoms with Gasteiger partial charge in [0.15, 0.2) is 6.61 Å². The molecule has 1 atom stereocenters. The zero-order chi connectivity index (χ0) is 21.3. The van der Waals surface area contributed by atoms with Crippen LogP contribution in [0.2, 0.25) is 0 Å².